The van der Waals surface area contributed by atoms with Gasteiger partial charge in [0.25, 0.3) is 5.91 Å². The molecule has 0 radical (unpaired) electrons. The molecular weight excluding hydrogens is 366 g/mol. The summed E-state index contributed by atoms with van der Waals surface area (Å²) in [5.41, 5.74) is 2.67. The summed E-state index contributed by atoms with van der Waals surface area (Å²) < 4.78 is 17.3. The third kappa shape index (κ3) is 4.19. The Hall–Kier alpha value is -2.69. The predicted octanol–water partition coefficient (Wildman–Crippen LogP) is 5.38. The summed E-state index contributed by atoms with van der Waals surface area (Å²) in [6.07, 6.45) is 2.95. The molecule has 156 valence electrons. The number of fused-ring (bicyclic) bond motifs is 1. The van der Waals surface area contributed by atoms with Gasteiger partial charge in [0, 0.05) is 6.54 Å². The molecule has 5 nitrogen and oxygen atoms in total. The molecule has 0 spiro atoms. The van der Waals surface area contributed by atoms with Gasteiger partial charge in [0.2, 0.25) is 5.75 Å². The highest BCUT2D eigenvalue weighted by molar-refractivity contribution is 6.03. The van der Waals surface area contributed by atoms with Crippen molar-refractivity contribution in [3.8, 4) is 17.2 Å². The first-order chi connectivity index (χ1) is 14.0. The van der Waals surface area contributed by atoms with Gasteiger partial charge in [-0.1, -0.05) is 50.1 Å². The van der Waals surface area contributed by atoms with Crippen molar-refractivity contribution in [1.82, 2.24) is 4.90 Å². The molecule has 0 fully saturated rings. The number of rotatable bonds is 9. The largest absolute Gasteiger partial charge is 0.493 e. The number of unbranched alkanes of at least 4 members (excludes halogenated alkanes) is 1. The quantitative estimate of drug-likeness (QED) is 0.570. The molecule has 3 rings (SSSR count). The van der Waals surface area contributed by atoms with Gasteiger partial charge in [-0.2, -0.15) is 0 Å². The molecule has 1 heterocycles. The lowest BCUT2D eigenvalue weighted by atomic mass is 9.98. The molecule has 0 saturated heterocycles. The Balaban J connectivity index is 2.11. The third-order valence-corrected chi connectivity index (χ3v) is 5.25. The first-order valence-electron chi connectivity index (χ1n) is 10.3. The number of carbonyl (C=O) groups excluding carboxylic acids is 1. The van der Waals surface area contributed by atoms with E-state index in [1.54, 1.807) is 14.2 Å². The number of methoxy groups -OCH3 is 2. The van der Waals surface area contributed by atoms with E-state index in [4.69, 9.17) is 14.2 Å². The van der Waals surface area contributed by atoms with Gasteiger partial charge < -0.3 is 19.1 Å². The fraction of sp³-hybridized carbons (Fsp3) is 0.458. The Morgan fingerprint density at radius 2 is 1.79 bits per heavy atom. The average Bonchev–Trinajstić information content (AvgIpc) is 2.97. The molecule has 0 aliphatic carbocycles. The molecular formula is C24H31NO4. The standard InChI is InChI=1S/C24H31NO4/c1-6-7-13-19-18-14-20(27-4)22(29-16(2)3)23(28-5)21(18)24(26)25(19)15-17-11-9-8-10-12-17/h8-12,14,16,19H,6-7,13,15H2,1-5H3/t19-/m0/s1. The second-order valence-corrected chi connectivity index (χ2v) is 7.65. The zero-order valence-corrected chi connectivity index (χ0v) is 18.0. The highest BCUT2D eigenvalue weighted by Crippen LogP contribution is 2.50. The van der Waals surface area contributed by atoms with Crippen LogP contribution in [0.25, 0.3) is 0 Å². The van der Waals surface area contributed by atoms with Crippen LogP contribution in [0, 0.1) is 0 Å². The highest BCUT2D eigenvalue weighted by Gasteiger charge is 2.41. The van der Waals surface area contributed by atoms with Gasteiger partial charge in [-0.25, -0.2) is 0 Å². The van der Waals surface area contributed by atoms with E-state index in [2.05, 4.69) is 19.1 Å². The van der Waals surface area contributed by atoms with Gasteiger partial charge >= 0.3 is 0 Å². The number of nitrogens with zero attached hydrogens (tertiary/aromatic N) is 1. The van der Waals surface area contributed by atoms with Crippen LogP contribution < -0.4 is 14.2 Å². The van der Waals surface area contributed by atoms with Gasteiger partial charge in [-0.15, -0.1) is 0 Å². The number of ether oxygens (including phenoxy) is 3. The lowest BCUT2D eigenvalue weighted by Crippen LogP contribution is -2.27. The maximum Gasteiger partial charge on any atom is 0.258 e. The first kappa shape index (κ1) is 21.0. The minimum Gasteiger partial charge on any atom is -0.493 e. The molecule has 0 N–H and O–H groups in total. The van der Waals surface area contributed by atoms with E-state index < -0.39 is 0 Å². The van der Waals surface area contributed by atoms with Crippen LogP contribution in [0.3, 0.4) is 0 Å². The lowest BCUT2D eigenvalue weighted by molar-refractivity contribution is 0.0697. The van der Waals surface area contributed by atoms with E-state index >= 15 is 0 Å². The Morgan fingerprint density at radius 3 is 2.38 bits per heavy atom. The van der Waals surface area contributed by atoms with Gasteiger partial charge in [-0.3, -0.25) is 4.79 Å². The minimum absolute atomic E-state index is 0.00597. The number of amides is 1. The van der Waals surface area contributed by atoms with E-state index in [0.29, 0.717) is 29.4 Å². The van der Waals surface area contributed by atoms with E-state index in [9.17, 15) is 4.79 Å². The van der Waals surface area contributed by atoms with Gasteiger partial charge in [0.15, 0.2) is 11.5 Å². The van der Waals surface area contributed by atoms with Crippen molar-refractivity contribution in [3.63, 3.8) is 0 Å². The monoisotopic (exact) mass is 397 g/mol. The van der Waals surface area contributed by atoms with Gasteiger partial charge in [0.05, 0.1) is 31.9 Å². The maximum atomic E-state index is 13.5. The molecule has 5 heteroatoms. The van der Waals surface area contributed by atoms with Crippen molar-refractivity contribution in [2.75, 3.05) is 14.2 Å². The second-order valence-electron chi connectivity index (χ2n) is 7.65. The molecule has 0 saturated carbocycles. The maximum absolute atomic E-state index is 13.5. The van der Waals surface area contributed by atoms with Crippen LogP contribution in [0.2, 0.25) is 0 Å². The van der Waals surface area contributed by atoms with E-state index in [0.717, 1.165) is 30.4 Å². The summed E-state index contributed by atoms with van der Waals surface area (Å²) in [7, 11) is 3.20. The summed E-state index contributed by atoms with van der Waals surface area (Å²) in [4.78, 5) is 15.5. The number of carbonyl (C=O) groups is 1. The van der Waals surface area contributed by atoms with Crippen LogP contribution in [-0.2, 0) is 6.54 Å². The fourth-order valence-electron chi connectivity index (χ4n) is 3.94. The predicted molar refractivity (Wildman–Crippen MR) is 114 cm³/mol. The van der Waals surface area contributed by atoms with Crippen molar-refractivity contribution >= 4 is 5.91 Å². The van der Waals surface area contributed by atoms with Crippen LogP contribution in [0.1, 0.15) is 67.6 Å². The molecule has 1 aliphatic heterocycles. The van der Waals surface area contributed by atoms with Crippen LogP contribution in [0.5, 0.6) is 17.2 Å². The zero-order valence-electron chi connectivity index (χ0n) is 18.0. The van der Waals surface area contributed by atoms with Crippen molar-refractivity contribution in [2.24, 2.45) is 0 Å². The van der Waals surface area contributed by atoms with Crippen LogP contribution in [0.4, 0.5) is 0 Å². The first-order valence-corrected chi connectivity index (χ1v) is 10.3. The number of hydrogen-bond acceptors (Lipinski definition) is 4. The Morgan fingerprint density at radius 1 is 1.07 bits per heavy atom. The Bertz CT molecular complexity index is 848. The van der Waals surface area contributed by atoms with Crippen molar-refractivity contribution in [2.45, 2.75) is 58.7 Å². The zero-order chi connectivity index (χ0) is 21.0. The number of hydrogen-bond donors (Lipinski definition) is 0. The van der Waals surface area contributed by atoms with E-state index in [1.807, 2.05) is 43.0 Å². The Labute approximate surface area is 173 Å². The van der Waals surface area contributed by atoms with Gasteiger partial charge in [0.1, 0.15) is 0 Å². The smallest absolute Gasteiger partial charge is 0.258 e. The minimum atomic E-state index is -0.0661. The highest BCUT2D eigenvalue weighted by atomic mass is 16.5. The molecule has 1 amide bonds. The van der Waals surface area contributed by atoms with Crippen LogP contribution in [0.15, 0.2) is 36.4 Å². The van der Waals surface area contributed by atoms with Crippen molar-refractivity contribution < 1.29 is 19.0 Å². The lowest BCUT2D eigenvalue weighted by Gasteiger charge is -2.25. The normalized spacial score (nSPS) is 15.6. The molecule has 2 aromatic carbocycles. The molecule has 0 bridgehead atoms. The summed E-state index contributed by atoms with van der Waals surface area (Å²) >= 11 is 0. The molecule has 1 atom stereocenters. The van der Waals surface area contributed by atoms with Crippen LogP contribution in [-0.4, -0.2) is 31.1 Å². The second kappa shape index (κ2) is 9.21. The van der Waals surface area contributed by atoms with E-state index in [1.165, 1.54) is 0 Å². The Kier molecular flexibility index (Phi) is 6.68. The molecule has 29 heavy (non-hydrogen) atoms. The van der Waals surface area contributed by atoms with Crippen molar-refractivity contribution in [3.05, 3.63) is 53.1 Å². The van der Waals surface area contributed by atoms with Crippen molar-refractivity contribution in [1.29, 1.82) is 0 Å². The molecule has 2 aromatic rings. The third-order valence-electron chi connectivity index (χ3n) is 5.25. The summed E-state index contributed by atoms with van der Waals surface area (Å²) in [6, 6.07) is 12.1. The molecule has 0 aromatic heterocycles. The van der Waals surface area contributed by atoms with Gasteiger partial charge in [-0.05, 0) is 37.5 Å². The number of benzene rings is 2. The van der Waals surface area contributed by atoms with E-state index in [-0.39, 0.29) is 18.1 Å². The molecule has 1 aliphatic rings. The molecule has 0 unspecified atom stereocenters. The summed E-state index contributed by atoms with van der Waals surface area (Å²) in [6.45, 7) is 6.62. The topological polar surface area (TPSA) is 48.0 Å². The average molecular weight is 398 g/mol. The fourth-order valence-corrected chi connectivity index (χ4v) is 3.94. The SMILES string of the molecule is CCCC[C@H]1c2cc(OC)c(OC(C)C)c(OC)c2C(=O)N1Cc1ccccc1. The van der Waals surface area contributed by atoms with Crippen LogP contribution >= 0.6 is 0 Å². The summed E-state index contributed by atoms with van der Waals surface area (Å²) in [5, 5.41) is 0. The summed E-state index contributed by atoms with van der Waals surface area (Å²) in [5.74, 6) is 1.55.